The summed E-state index contributed by atoms with van der Waals surface area (Å²) in [7, 11) is -2.09. The molecule has 36 heavy (non-hydrogen) atoms. The molecule has 1 aliphatic carbocycles. The lowest BCUT2D eigenvalue weighted by Crippen LogP contribution is -2.40. The SMILES string of the molecule is Cn1cc(Cn2c(=O)c3cc(S(=O)(=O)NC4(C)CC4)sc3n(Cc3ccc4cncn4c3)c2=O)cn1. The Labute approximate surface area is 209 Å². The number of pyridine rings is 1. The maximum absolute atomic E-state index is 13.7. The van der Waals surface area contributed by atoms with Crippen LogP contribution in [0.25, 0.3) is 15.7 Å². The van der Waals surface area contributed by atoms with Crippen LogP contribution >= 0.6 is 11.3 Å². The minimum absolute atomic E-state index is 0.0139. The first-order chi connectivity index (χ1) is 17.1. The number of nitrogens with zero attached hydrogens (tertiary/aromatic N) is 6. The maximum Gasteiger partial charge on any atom is 0.332 e. The van der Waals surface area contributed by atoms with Crippen LogP contribution < -0.4 is 16.0 Å². The topological polar surface area (TPSA) is 125 Å². The molecule has 5 aromatic heterocycles. The monoisotopic (exact) mass is 525 g/mol. The van der Waals surface area contributed by atoms with E-state index in [2.05, 4.69) is 14.8 Å². The van der Waals surface area contributed by atoms with Crippen molar-refractivity contribution in [1.29, 1.82) is 0 Å². The molecule has 5 aromatic rings. The first-order valence-corrected chi connectivity index (χ1v) is 13.6. The van der Waals surface area contributed by atoms with Crippen LogP contribution in [-0.2, 0) is 30.2 Å². The van der Waals surface area contributed by atoms with Gasteiger partial charge in [0.2, 0.25) is 0 Å². The second-order valence-corrected chi connectivity index (χ2v) is 12.4. The summed E-state index contributed by atoms with van der Waals surface area (Å²) in [6.07, 6.45) is 10.1. The van der Waals surface area contributed by atoms with Gasteiger partial charge in [-0.1, -0.05) is 6.07 Å². The van der Waals surface area contributed by atoms with Crippen molar-refractivity contribution < 1.29 is 8.42 Å². The number of hydrogen-bond acceptors (Lipinski definition) is 7. The standard InChI is InChI=1S/C23H23N7O4S2/c1-23(5-6-23)26-36(33,34)19-7-18-20(31)29(13-16-8-25-27(2)10-16)22(32)30(21(18)35-19)12-15-3-4-17-9-24-14-28(17)11-15/h3-4,7-11,14,26H,5-6,12-13H2,1-2H3. The van der Waals surface area contributed by atoms with Crippen LogP contribution in [0.4, 0.5) is 0 Å². The Balaban J connectivity index is 1.53. The number of imidazole rings is 1. The molecule has 0 aliphatic heterocycles. The van der Waals surface area contributed by atoms with Gasteiger partial charge in [0.1, 0.15) is 9.04 Å². The van der Waals surface area contributed by atoms with Crippen molar-refractivity contribution in [2.75, 3.05) is 0 Å². The number of hydrogen-bond donors (Lipinski definition) is 1. The molecule has 0 atom stereocenters. The van der Waals surface area contributed by atoms with E-state index in [1.807, 2.05) is 29.7 Å². The molecule has 0 unspecified atom stereocenters. The minimum atomic E-state index is -3.85. The Morgan fingerprint density at radius 3 is 2.58 bits per heavy atom. The summed E-state index contributed by atoms with van der Waals surface area (Å²) < 4.78 is 35.0. The molecule has 1 N–H and O–H groups in total. The van der Waals surface area contributed by atoms with Gasteiger partial charge in [0.05, 0.1) is 42.7 Å². The van der Waals surface area contributed by atoms with E-state index in [1.165, 1.54) is 10.6 Å². The lowest BCUT2D eigenvalue weighted by Gasteiger charge is -2.12. The van der Waals surface area contributed by atoms with Gasteiger partial charge in [0.15, 0.2) is 0 Å². The van der Waals surface area contributed by atoms with E-state index in [1.54, 1.807) is 36.6 Å². The quantitative estimate of drug-likeness (QED) is 0.344. The summed E-state index contributed by atoms with van der Waals surface area (Å²) >= 11 is 0.935. The number of sulfonamides is 1. The normalized spacial score (nSPS) is 15.2. The Hall–Kier alpha value is -3.55. The molecule has 0 amide bonds. The zero-order valence-electron chi connectivity index (χ0n) is 19.6. The Morgan fingerprint density at radius 2 is 1.86 bits per heavy atom. The smallest absolute Gasteiger partial charge is 0.306 e. The molecule has 1 saturated carbocycles. The van der Waals surface area contributed by atoms with Crippen molar-refractivity contribution in [2.24, 2.45) is 7.05 Å². The molecule has 13 heteroatoms. The number of nitrogens with one attached hydrogen (secondary N) is 1. The fourth-order valence-corrected chi connectivity index (χ4v) is 7.14. The van der Waals surface area contributed by atoms with Crippen molar-refractivity contribution in [3.05, 3.63) is 81.3 Å². The van der Waals surface area contributed by atoms with Crippen LogP contribution in [0.5, 0.6) is 0 Å². The minimum Gasteiger partial charge on any atom is -0.306 e. The lowest BCUT2D eigenvalue weighted by molar-refractivity contribution is 0.560. The molecule has 0 bridgehead atoms. The molecule has 6 rings (SSSR count). The number of aromatic nitrogens is 6. The van der Waals surface area contributed by atoms with E-state index in [0.29, 0.717) is 10.4 Å². The summed E-state index contributed by atoms with van der Waals surface area (Å²) in [5.41, 5.74) is 0.883. The molecule has 1 fully saturated rings. The predicted octanol–water partition coefficient (Wildman–Crippen LogP) is 1.53. The molecular weight excluding hydrogens is 502 g/mol. The Bertz CT molecular complexity index is 1870. The fraction of sp³-hybridized carbons (Fsp3) is 0.304. The van der Waals surface area contributed by atoms with Crippen molar-refractivity contribution in [3.63, 3.8) is 0 Å². The van der Waals surface area contributed by atoms with Gasteiger partial charge in [-0.3, -0.25) is 18.6 Å². The average Bonchev–Trinajstić information content (AvgIpc) is 3.25. The highest BCUT2D eigenvalue weighted by molar-refractivity contribution is 7.91. The van der Waals surface area contributed by atoms with Crippen molar-refractivity contribution >= 4 is 37.1 Å². The van der Waals surface area contributed by atoms with Gasteiger partial charge >= 0.3 is 5.69 Å². The molecule has 186 valence electrons. The van der Waals surface area contributed by atoms with Crippen LogP contribution in [0.1, 0.15) is 30.9 Å². The van der Waals surface area contributed by atoms with Gasteiger partial charge in [-0.15, -0.1) is 11.3 Å². The van der Waals surface area contributed by atoms with E-state index in [0.717, 1.165) is 39.8 Å². The largest absolute Gasteiger partial charge is 0.332 e. The zero-order chi connectivity index (χ0) is 25.2. The van der Waals surface area contributed by atoms with Crippen molar-refractivity contribution in [3.8, 4) is 0 Å². The van der Waals surface area contributed by atoms with E-state index in [-0.39, 0.29) is 22.7 Å². The van der Waals surface area contributed by atoms with E-state index >= 15 is 0 Å². The predicted molar refractivity (Wildman–Crippen MR) is 135 cm³/mol. The third kappa shape index (κ3) is 3.98. The number of thiophene rings is 1. The third-order valence-electron chi connectivity index (χ3n) is 6.43. The van der Waals surface area contributed by atoms with Gasteiger partial charge < -0.3 is 4.40 Å². The fourth-order valence-electron chi connectivity index (χ4n) is 4.23. The molecule has 0 saturated heterocycles. The molecule has 5 heterocycles. The number of fused-ring (bicyclic) bond motifs is 2. The highest BCUT2D eigenvalue weighted by atomic mass is 32.2. The van der Waals surface area contributed by atoms with Crippen LogP contribution in [0, 0.1) is 0 Å². The molecule has 0 aromatic carbocycles. The van der Waals surface area contributed by atoms with Crippen molar-refractivity contribution in [1.82, 2.24) is 33.0 Å². The van der Waals surface area contributed by atoms with Gasteiger partial charge in [-0.2, -0.15) is 5.10 Å². The molecule has 11 nitrogen and oxygen atoms in total. The first-order valence-electron chi connectivity index (χ1n) is 11.3. The summed E-state index contributed by atoms with van der Waals surface area (Å²) in [6.45, 7) is 2.03. The Morgan fingerprint density at radius 1 is 1.08 bits per heavy atom. The van der Waals surface area contributed by atoms with Crippen LogP contribution in [0.3, 0.4) is 0 Å². The van der Waals surface area contributed by atoms with E-state index < -0.39 is 26.8 Å². The van der Waals surface area contributed by atoms with Gasteiger partial charge in [-0.05, 0) is 37.5 Å². The maximum atomic E-state index is 13.7. The van der Waals surface area contributed by atoms with Gasteiger partial charge in [0, 0.05) is 30.5 Å². The summed E-state index contributed by atoms with van der Waals surface area (Å²) in [5.74, 6) is 0. The molecular formula is C23H23N7O4S2. The highest BCUT2D eigenvalue weighted by Crippen LogP contribution is 2.37. The molecule has 0 spiro atoms. The summed E-state index contributed by atoms with van der Waals surface area (Å²) in [5, 5.41) is 4.31. The van der Waals surface area contributed by atoms with E-state index in [9.17, 15) is 18.0 Å². The van der Waals surface area contributed by atoms with Gasteiger partial charge in [0.25, 0.3) is 15.6 Å². The summed E-state index contributed by atoms with van der Waals surface area (Å²) in [4.78, 5) is 31.5. The molecule has 0 radical (unpaired) electrons. The van der Waals surface area contributed by atoms with Crippen LogP contribution in [-0.4, -0.2) is 42.3 Å². The second kappa shape index (κ2) is 7.98. The Kier molecular flexibility index (Phi) is 5.07. The summed E-state index contributed by atoms with van der Waals surface area (Å²) in [6, 6.07) is 5.15. The lowest BCUT2D eigenvalue weighted by atomic mass is 10.2. The van der Waals surface area contributed by atoms with Crippen molar-refractivity contribution in [2.45, 2.75) is 42.6 Å². The average molecular weight is 526 g/mol. The van der Waals surface area contributed by atoms with E-state index in [4.69, 9.17) is 0 Å². The third-order valence-corrected chi connectivity index (χ3v) is 9.70. The van der Waals surface area contributed by atoms with Gasteiger partial charge in [-0.25, -0.2) is 22.9 Å². The second-order valence-electron chi connectivity index (χ2n) is 9.50. The highest BCUT2D eigenvalue weighted by Gasteiger charge is 2.41. The number of rotatable bonds is 7. The number of aryl methyl sites for hydroxylation is 1. The van der Waals surface area contributed by atoms with Crippen LogP contribution in [0.15, 0.2) is 63.1 Å². The first kappa shape index (κ1) is 22.9. The molecule has 1 aliphatic rings. The van der Waals surface area contributed by atoms with Crippen LogP contribution in [0.2, 0.25) is 0 Å². The zero-order valence-corrected chi connectivity index (χ0v) is 21.2.